The number of nitrogens with one attached hydrogen (secondary N) is 1. The third-order valence-electron chi connectivity index (χ3n) is 2.78. The quantitative estimate of drug-likeness (QED) is 0.577. The molecule has 4 heteroatoms. The maximum Gasteiger partial charge on any atom is 0.407 e. The van der Waals surface area contributed by atoms with Crippen LogP contribution in [0, 0.1) is 0 Å². The smallest absolute Gasteiger partial charge is 0.407 e. The second-order valence-electron chi connectivity index (χ2n) is 6.16. The van der Waals surface area contributed by atoms with Gasteiger partial charge in [0, 0.05) is 19.8 Å². The molecule has 0 rings (SSSR count). The molecular weight excluding hydrogens is 254 g/mol. The van der Waals surface area contributed by atoms with Crippen LogP contribution in [0.25, 0.3) is 0 Å². The van der Waals surface area contributed by atoms with Crippen molar-refractivity contribution in [3.8, 4) is 0 Å². The highest BCUT2D eigenvalue weighted by atomic mass is 16.6. The molecule has 0 saturated heterocycles. The Labute approximate surface area is 124 Å². The van der Waals surface area contributed by atoms with Gasteiger partial charge in [-0.3, -0.25) is 0 Å². The Morgan fingerprint density at radius 1 is 0.950 bits per heavy atom. The summed E-state index contributed by atoms with van der Waals surface area (Å²) in [4.78, 5) is 11.4. The van der Waals surface area contributed by atoms with Crippen molar-refractivity contribution >= 4 is 6.09 Å². The van der Waals surface area contributed by atoms with Gasteiger partial charge < -0.3 is 14.8 Å². The first kappa shape index (κ1) is 19.2. The normalized spacial score (nSPS) is 11.4. The molecule has 0 radical (unpaired) electrons. The summed E-state index contributed by atoms with van der Waals surface area (Å²) in [7, 11) is 0. The summed E-state index contributed by atoms with van der Waals surface area (Å²) >= 11 is 0. The highest BCUT2D eigenvalue weighted by Crippen LogP contribution is 2.06. The van der Waals surface area contributed by atoms with Crippen LogP contribution >= 0.6 is 0 Å². The van der Waals surface area contributed by atoms with E-state index < -0.39 is 5.60 Å². The van der Waals surface area contributed by atoms with Crippen molar-refractivity contribution in [2.45, 2.75) is 78.2 Å². The fourth-order valence-electron chi connectivity index (χ4n) is 1.74. The van der Waals surface area contributed by atoms with Crippen molar-refractivity contribution in [2.24, 2.45) is 0 Å². The number of rotatable bonds is 11. The Bertz CT molecular complexity index is 236. The Morgan fingerprint density at radius 3 is 2.15 bits per heavy atom. The van der Waals surface area contributed by atoms with Crippen molar-refractivity contribution in [1.29, 1.82) is 0 Å². The SMILES string of the molecule is CCCCCOCCCCCCNC(=O)OC(C)(C)C. The van der Waals surface area contributed by atoms with Gasteiger partial charge in [-0.1, -0.05) is 32.6 Å². The number of carbonyl (C=O) groups is 1. The molecule has 0 atom stereocenters. The first-order valence-corrected chi connectivity index (χ1v) is 8.00. The van der Waals surface area contributed by atoms with E-state index in [1.54, 1.807) is 0 Å². The fourth-order valence-corrected chi connectivity index (χ4v) is 1.74. The summed E-state index contributed by atoms with van der Waals surface area (Å²) in [6.07, 6.45) is 7.74. The van der Waals surface area contributed by atoms with Gasteiger partial charge in [0.25, 0.3) is 0 Å². The second kappa shape index (κ2) is 12.0. The molecular formula is C16H33NO3. The zero-order valence-electron chi connectivity index (χ0n) is 13.8. The van der Waals surface area contributed by atoms with Crippen LogP contribution in [0.2, 0.25) is 0 Å². The Morgan fingerprint density at radius 2 is 1.55 bits per heavy atom. The van der Waals surface area contributed by atoms with Crippen molar-refractivity contribution < 1.29 is 14.3 Å². The van der Waals surface area contributed by atoms with Crippen LogP contribution in [0.5, 0.6) is 0 Å². The van der Waals surface area contributed by atoms with Crippen molar-refractivity contribution in [3.05, 3.63) is 0 Å². The number of alkyl carbamates (subject to hydrolysis) is 1. The van der Waals surface area contributed by atoms with Gasteiger partial charge in [-0.2, -0.15) is 0 Å². The number of unbranched alkanes of at least 4 members (excludes halogenated alkanes) is 5. The van der Waals surface area contributed by atoms with Crippen LogP contribution in [0.3, 0.4) is 0 Å². The van der Waals surface area contributed by atoms with Crippen LogP contribution < -0.4 is 5.32 Å². The highest BCUT2D eigenvalue weighted by Gasteiger charge is 2.15. The number of hydrogen-bond acceptors (Lipinski definition) is 3. The number of ether oxygens (including phenoxy) is 2. The number of carbonyl (C=O) groups excluding carboxylic acids is 1. The molecule has 120 valence electrons. The molecule has 20 heavy (non-hydrogen) atoms. The van der Waals surface area contributed by atoms with E-state index in [1.165, 1.54) is 19.3 Å². The molecule has 0 unspecified atom stereocenters. The van der Waals surface area contributed by atoms with Crippen molar-refractivity contribution in [1.82, 2.24) is 5.32 Å². The summed E-state index contributed by atoms with van der Waals surface area (Å²) in [6.45, 7) is 10.3. The second-order valence-corrected chi connectivity index (χ2v) is 6.16. The molecule has 0 aromatic carbocycles. The molecule has 4 nitrogen and oxygen atoms in total. The summed E-state index contributed by atoms with van der Waals surface area (Å²) in [5.74, 6) is 0. The highest BCUT2D eigenvalue weighted by molar-refractivity contribution is 5.67. The first-order chi connectivity index (χ1) is 9.45. The molecule has 0 aromatic heterocycles. The van der Waals surface area contributed by atoms with Crippen molar-refractivity contribution in [3.63, 3.8) is 0 Å². The van der Waals surface area contributed by atoms with E-state index >= 15 is 0 Å². The molecule has 0 spiro atoms. The molecule has 0 aliphatic rings. The zero-order chi connectivity index (χ0) is 15.3. The van der Waals surface area contributed by atoms with Crippen LogP contribution in [-0.4, -0.2) is 31.5 Å². The van der Waals surface area contributed by atoms with Crippen LogP contribution in [0.1, 0.15) is 72.6 Å². The predicted octanol–water partition coefficient (Wildman–Crippen LogP) is 4.28. The zero-order valence-corrected chi connectivity index (χ0v) is 13.8. The van der Waals surface area contributed by atoms with Crippen LogP contribution in [0.4, 0.5) is 4.79 Å². The van der Waals surface area contributed by atoms with E-state index in [0.29, 0.717) is 6.54 Å². The maximum absolute atomic E-state index is 11.4. The third kappa shape index (κ3) is 15.3. The Kier molecular flexibility index (Phi) is 11.5. The van der Waals surface area contributed by atoms with E-state index in [9.17, 15) is 4.79 Å². The van der Waals surface area contributed by atoms with Crippen LogP contribution in [0.15, 0.2) is 0 Å². The third-order valence-corrected chi connectivity index (χ3v) is 2.78. The monoisotopic (exact) mass is 287 g/mol. The molecule has 0 fully saturated rings. The molecule has 0 aliphatic heterocycles. The average Bonchev–Trinajstić information content (AvgIpc) is 2.34. The lowest BCUT2D eigenvalue weighted by atomic mass is 10.2. The lowest BCUT2D eigenvalue weighted by molar-refractivity contribution is 0.0526. The maximum atomic E-state index is 11.4. The van der Waals surface area contributed by atoms with Gasteiger partial charge in [0.15, 0.2) is 0 Å². The lowest BCUT2D eigenvalue weighted by Crippen LogP contribution is -2.32. The van der Waals surface area contributed by atoms with Gasteiger partial charge >= 0.3 is 6.09 Å². The molecule has 1 amide bonds. The summed E-state index contributed by atoms with van der Waals surface area (Å²) < 4.78 is 10.7. The van der Waals surface area contributed by atoms with Gasteiger partial charge in [0.2, 0.25) is 0 Å². The fraction of sp³-hybridized carbons (Fsp3) is 0.938. The summed E-state index contributed by atoms with van der Waals surface area (Å²) in [5.41, 5.74) is -0.417. The molecule has 1 N–H and O–H groups in total. The molecule has 0 aliphatic carbocycles. The van der Waals surface area contributed by atoms with Gasteiger partial charge in [-0.05, 0) is 40.0 Å². The van der Waals surface area contributed by atoms with Crippen LogP contribution in [-0.2, 0) is 9.47 Å². The van der Waals surface area contributed by atoms with E-state index in [0.717, 1.165) is 38.9 Å². The predicted molar refractivity (Wildman–Crippen MR) is 83.0 cm³/mol. The molecule has 0 saturated carbocycles. The topological polar surface area (TPSA) is 47.6 Å². The molecule has 0 aromatic rings. The minimum absolute atomic E-state index is 0.322. The number of amides is 1. The standard InChI is InChI=1S/C16H33NO3/c1-5-6-10-13-19-14-11-8-7-9-12-17-15(18)20-16(2,3)4/h5-14H2,1-4H3,(H,17,18). The molecule has 0 heterocycles. The van der Waals surface area contributed by atoms with Gasteiger partial charge in [-0.15, -0.1) is 0 Å². The first-order valence-electron chi connectivity index (χ1n) is 8.00. The summed E-state index contributed by atoms with van der Waals surface area (Å²) in [5, 5.41) is 2.77. The minimum Gasteiger partial charge on any atom is -0.444 e. The minimum atomic E-state index is -0.417. The van der Waals surface area contributed by atoms with Gasteiger partial charge in [-0.25, -0.2) is 4.79 Å². The van der Waals surface area contributed by atoms with E-state index in [1.807, 2.05) is 20.8 Å². The summed E-state index contributed by atoms with van der Waals surface area (Å²) in [6, 6.07) is 0. The van der Waals surface area contributed by atoms with E-state index in [-0.39, 0.29) is 6.09 Å². The largest absolute Gasteiger partial charge is 0.444 e. The Balaban J connectivity index is 3.19. The average molecular weight is 287 g/mol. The van der Waals surface area contributed by atoms with Crippen molar-refractivity contribution in [2.75, 3.05) is 19.8 Å². The Hall–Kier alpha value is -0.770. The van der Waals surface area contributed by atoms with Gasteiger partial charge in [0.1, 0.15) is 5.60 Å². The molecule has 0 bridgehead atoms. The lowest BCUT2D eigenvalue weighted by Gasteiger charge is -2.19. The van der Waals surface area contributed by atoms with Gasteiger partial charge in [0.05, 0.1) is 0 Å². The van der Waals surface area contributed by atoms with E-state index in [4.69, 9.17) is 9.47 Å². The number of hydrogen-bond donors (Lipinski definition) is 1. The van der Waals surface area contributed by atoms with E-state index in [2.05, 4.69) is 12.2 Å².